The Morgan fingerprint density at radius 3 is 2.86 bits per heavy atom. The van der Waals surface area contributed by atoms with E-state index in [2.05, 4.69) is 15.2 Å². The minimum atomic E-state index is -4.20. The fraction of sp³-hybridized carbons (Fsp3) is 0.316. The third kappa shape index (κ3) is 3.11. The number of aromatic nitrogens is 5. The molecule has 1 saturated carbocycles. The van der Waals surface area contributed by atoms with E-state index >= 15 is 0 Å². The molecule has 0 unspecified atom stereocenters. The third-order valence-corrected chi connectivity index (χ3v) is 5.44. The lowest BCUT2D eigenvalue weighted by Crippen LogP contribution is -2.12. The van der Waals surface area contributed by atoms with Gasteiger partial charge in [0.1, 0.15) is 5.15 Å². The number of hydrogen-bond acceptors (Lipinski definition) is 3. The fourth-order valence-electron chi connectivity index (χ4n) is 3.82. The number of aryl methyl sites for hydroxylation is 1. The van der Waals surface area contributed by atoms with Crippen LogP contribution in [0.1, 0.15) is 35.8 Å². The lowest BCUT2D eigenvalue weighted by Gasteiger charge is -2.08. The van der Waals surface area contributed by atoms with Gasteiger partial charge in [-0.15, -0.1) is 0 Å². The third-order valence-electron chi connectivity index (χ3n) is 5.25. The highest BCUT2D eigenvalue weighted by Gasteiger charge is 2.41. The van der Waals surface area contributed by atoms with Crippen molar-refractivity contribution in [2.75, 3.05) is 0 Å². The molecule has 1 aliphatic carbocycles. The Labute approximate surface area is 162 Å². The van der Waals surface area contributed by atoms with Crippen LogP contribution in [0.25, 0.3) is 16.6 Å². The van der Waals surface area contributed by atoms with Gasteiger partial charge < -0.3 is 0 Å². The van der Waals surface area contributed by atoms with Gasteiger partial charge in [0.05, 0.1) is 24.7 Å². The average Bonchev–Trinajstić information content (AvgIpc) is 3.11. The number of fused-ring (bicyclic) bond motifs is 2. The first-order valence-corrected chi connectivity index (χ1v) is 9.29. The molecular formula is C19H15ClF3N5. The topological polar surface area (TPSA) is 48.0 Å². The maximum atomic E-state index is 12.6. The first kappa shape index (κ1) is 17.5. The molecule has 0 spiro atoms. The number of halogens is 4. The summed E-state index contributed by atoms with van der Waals surface area (Å²) < 4.78 is 40.8. The molecule has 2 atom stereocenters. The Hall–Kier alpha value is -2.61. The van der Waals surface area contributed by atoms with Crippen LogP contribution in [-0.2, 0) is 6.54 Å². The molecule has 28 heavy (non-hydrogen) atoms. The van der Waals surface area contributed by atoms with E-state index in [1.54, 1.807) is 23.1 Å². The number of hydrogen-bond donors (Lipinski definition) is 0. The van der Waals surface area contributed by atoms with Crippen molar-refractivity contribution in [3.8, 4) is 0 Å². The minimum Gasteiger partial charge on any atom is -0.265 e. The summed E-state index contributed by atoms with van der Waals surface area (Å²) in [4.78, 5) is 4.37. The lowest BCUT2D eigenvalue weighted by molar-refractivity contribution is -0.137. The summed E-state index contributed by atoms with van der Waals surface area (Å²) in [6.07, 6.45) is 0.890. The molecule has 9 heteroatoms. The first-order chi connectivity index (χ1) is 13.4. The van der Waals surface area contributed by atoms with Gasteiger partial charge in [-0.25, -0.2) is 9.50 Å². The zero-order valence-corrected chi connectivity index (χ0v) is 15.3. The highest BCUT2D eigenvalue weighted by atomic mass is 35.5. The Morgan fingerprint density at radius 1 is 1.18 bits per heavy atom. The number of rotatable bonds is 4. The molecule has 0 aliphatic heterocycles. The van der Waals surface area contributed by atoms with E-state index in [1.165, 1.54) is 4.68 Å². The number of nitrogens with zero attached hydrogens (tertiary/aromatic N) is 5. The van der Waals surface area contributed by atoms with E-state index in [4.69, 9.17) is 11.6 Å². The van der Waals surface area contributed by atoms with Crippen LogP contribution in [0.4, 0.5) is 13.2 Å². The molecule has 0 radical (unpaired) electrons. The van der Waals surface area contributed by atoms with E-state index in [0.29, 0.717) is 5.15 Å². The van der Waals surface area contributed by atoms with Gasteiger partial charge in [-0.1, -0.05) is 23.7 Å². The van der Waals surface area contributed by atoms with Crippen molar-refractivity contribution < 1.29 is 13.2 Å². The van der Waals surface area contributed by atoms with E-state index in [1.807, 2.05) is 24.3 Å². The van der Waals surface area contributed by atoms with Crippen molar-refractivity contribution in [2.24, 2.45) is 0 Å². The molecule has 1 fully saturated rings. The van der Waals surface area contributed by atoms with Crippen molar-refractivity contribution in [1.29, 1.82) is 0 Å². The summed E-state index contributed by atoms with van der Waals surface area (Å²) in [5.41, 5.74) is 3.64. The Morgan fingerprint density at radius 2 is 2.04 bits per heavy atom. The van der Waals surface area contributed by atoms with Gasteiger partial charge in [0.25, 0.3) is 0 Å². The summed E-state index contributed by atoms with van der Waals surface area (Å²) in [5, 5.41) is 9.57. The fourth-order valence-corrected chi connectivity index (χ4v) is 4.02. The highest BCUT2D eigenvalue weighted by molar-refractivity contribution is 6.29. The number of imidazole rings is 1. The van der Waals surface area contributed by atoms with Gasteiger partial charge in [-0.05, 0) is 36.0 Å². The minimum absolute atomic E-state index is 0.181. The average molecular weight is 406 g/mol. The summed E-state index contributed by atoms with van der Waals surface area (Å²) in [6, 6.07) is 7.74. The van der Waals surface area contributed by atoms with Crippen molar-refractivity contribution in [3.63, 3.8) is 0 Å². The van der Waals surface area contributed by atoms with Gasteiger partial charge in [-0.3, -0.25) is 4.68 Å². The maximum absolute atomic E-state index is 12.6. The van der Waals surface area contributed by atoms with Crippen molar-refractivity contribution >= 4 is 28.2 Å². The molecule has 144 valence electrons. The molecular weight excluding hydrogens is 391 g/mol. The van der Waals surface area contributed by atoms with Crippen LogP contribution in [0, 0.1) is 0 Å². The summed E-state index contributed by atoms with van der Waals surface area (Å²) in [5.74, 6) is 0.531. The second-order valence-electron chi connectivity index (χ2n) is 7.12. The van der Waals surface area contributed by atoms with Gasteiger partial charge in [0, 0.05) is 23.3 Å². The molecule has 1 aliphatic rings. The zero-order chi connectivity index (χ0) is 19.5. The Bertz CT molecular complexity index is 1180. The van der Waals surface area contributed by atoms with Crippen molar-refractivity contribution in [1.82, 2.24) is 24.4 Å². The van der Waals surface area contributed by atoms with Crippen LogP contribution in [0.2, 0.25) is 5.15 Å². The zero-order valence-electron chi connectivity index (χ0n) is 14.6. The van der Waals surface area contributed by atoms with Crippen molar-refractivity contribution in [2.45, 2.75) is 37.4 Å². The Balaban J connectivity index is 1.45. The number of alkyl halides is 3. The normalized spacial score (nSPS) is 19.6. The van der Waals surface area contributed by atoms with Gasteiger partial charge in [0.2, 0.25) is 0 Å². The molecule has 4 aromatic rings. The molecule has 3 aromatic heterocycles. The molecule has 0 bridgehead atoms. The van der Waals surface area contributed by atoms with E-state index in [-0.39, 0.29) is 18.4 Å². The quantitative estimate of drug-likeness (QED) is 0.482. The number of benzene rings is 1. The molecule has 5 nitrogen and oxygen atoms in total. The smallest absolute Gasteiger partial charge is 0.265 e. The van der Waals surface area contributed by atoms with E-state index < -0.39 is 12.6 Å². The van der Waals surface area contributed by atoms with Gasteiger partial charge in [-0.2, -0.15) is 23.4 Å². The van der Waals surface area contributed by atoms with E-state index in [9.17, 15) is 13.2 Å². The van der Waals surface area contributed by atoms with Crippen LogP contribution in [-0.4, -0.2) is 30.6 Å². The SMILES string of the molecule is FC(F)(F)CCn1ncc2ccc([C@H]3C[C@@H]3c3cc(Cl)nn4ccnc34)cc21. The predicted octanol–water partition coefficient (Wildman–Crippen LogP) is 4.96. The van der Waals surface area contributed by atoms with E-state index in [0.717, 1.165) is 34.1 Å². The van der Waals surface area contributed by atoms with Crippen LogP contribution in [0.3, 0.4) is 0 Å². The summed E-state index contributed by atoms with van der Waals surface area (Å²) >= 11 is 6.14. The van der Waals surface area contributed by atoms with Crippen LogP contribution < -0.4 is 0 Å². The maximum Gasteiger partial charge on any atom is 0.390 e. The molecule has 1 aromatic carbocycles. The van der Waals surface area contributed by atoms with Crippen LogP contribution >= 0.6 is 11.6 Å². The highest BCUT2D eigenvalue weighted by Crippen LogP contribution is 2.55. The molecule has 0 N–H and O–H groups in total. The van der Waals surface area contributed by atoms with Crippen LogP contribution in [0.15, 0.2) is 42.9 Å². The lowest BCUT2D eigenvalue weighted by atomic mass is 10.0. The van der Waals surface area contributed by atoms with Crippen molar-refractivity contribution in [3.05, 3.63) is 59.1 Å². The molecule has 3 heterocycles. The molecule has 5 rings (SSSR count). The van der Waals surface area contributed by atoms with Gasteiger partial charge >= 0.3 is 6.18 Å². The van der Waals surface area contributed by atoms with Crippen LogP contribution in [0.5, 0.6) is 0 Å². The molecule has 0 amide bonds. The molecule has 0 saturated heterocycles. The predicted molar refractivity (Wildman–Crippen MR) is 98.5 cm³/mol. The second-order valence-corrected chi connectivity index (χ2v) is 7.50. The first-order valence-electron chi connectivity index (χ1n) is 8.91. The monoisotopic (exact) mass is 405 g/mol. The van der Waals surface area contributed by atoms with Gasteiger partial charge in [0.15, 0.2) is 5.65 Å². The Kier molecular flexibility index (Phi) is 3.87. The largest absolute Gasteiger partial charge is 0.390 e. The second kappa shape index (κ2) is 6.20. The standard InChI is InChI=1S/C19H15ClF3N5/c20-17-9-15(18-24-4-6-28(18)26-17)14-8-13(14)11-1-2-12-10-25-27(16(12)7-11)5-3-19(21,22)23/h1-2,4,6-7,9-10,13-14H,3,5,8H2/t13-,14+/m1/s1. The summed E-state index contributed by atoms with van der Waals surface area (Å²) in [7, 11) is 0. The summed E-state index contributed by atoms with van der Waals surface area (Å²) in [6.45, 7) is -0.181.